The van der Waals surface area contributed by atoms with Crippen LogP contribution in [-0.2, 0) is 11.2 Å². The molecule has 2 heterocycles. The van der Waals surface area contributed by atoms with E-state index in [9.17, 15) is 14.6 Å². The van der Waals surface area contributed by atoms with Crippen molar-refractivity contribution in [1.82, 2.24) is 9.97 Å². The molecule has 9 heteroatoms. The Hall–Kier alpha value is -2.33. The number of methoxy groups -OCH3 is 1. The van der Waals surface area contributed by atoms with Gasteiger partial charge in [0.15, 0.2) is 11.6 Å². The number of hydrogen-bond acceptors (Lipinski definition) is 8. The van der Waals surface area contributed by atoms with Crippen LogP contribution in [0.1, 0.15) is 72.3 Å². The van der Waals surface area contributed by atoms with Gasteiger partial charge in [0.05, 0.1) is 12.3 Å². The Morgan fingerprint density at radius 3 is 2.29 bits per heavy atom. The number of nitrogens with two attached hydrogens (primary N) is 1. The van der Waals surface area contributed by atoms with E-state index < -0.39 is 5.82 Å². The van der Waals surface area contributed by atoms with E-state index in [-0.39, 0.29) is 31.5 Å². The SMILES string of the molecule is CC.CC.CCc1cnc(NC2CCCCC2)cc1-c1ccc(F)c(NCC(CO)CO)n1.COCCN. The molecule has 0 radical (unpaired) electrons. The summed E-state index contributed by atoms with van der Waals surface area (Å²) in [5, 5.41) is 24.9. The summed E-state index contributed by atoms with van der Waals surface area (Å²) >= 11 is 0. The van der Waals surface area contributed by atoms with Crippen LogP contribution in [0.25, 0.3) is 11.3 Å². The Morgan fingerprint density at radius 1 is 1.11 bits per heavy atom. The normalized spacial score (nSPS) is 12.8. The monoisotopic (exact) mass is 537 g/mol. The molecule has 218 valence electrons. The summed E-state index contributed by atoms with van der Waals surface area (Å²) in [6.07, 6.45) is 8.77. The first-order valence-electron chi connectivity index (χ1n) is 14.1. The predicted molar refractivity (Wildman–Crippen MR) is 157 cm³/mol. The molecule has 6 N–H and O–H groups in total. The van der Waals surface area contributed by atoms with Crippen LogP contribution in [-0.4, -0.2) is 66.2 Å². The van der Waals surface area contributed by atoms with E-state index in [0.717, 1.165) is 36.2 Å². The number of nitrogens with zero attached hydrogens (tertiary/aromatic N) is 2. The Morgan fingerprint density at radius 2 is 1.76 bits per heavy atom. The molecule has 2 aromatic rings. The van der Waals surface area contributed by atoms with Crippen LogP contribution in [0.3, 0.4) is 0 Å². The van der Waals surface area contributed by atoms with Gasteiger partial charge >= 0.3 is 0 Å². The van der Waals surface area contributed by atoms with Gasteiger partial charge in [-0.2, -0.15) is 0 Å². The Kier molecular flexibility index (Phi) is 21.2. The van der Waals surface area contributed by atoms with E-state index in [1.54, 1.807) is 13.2 Å². The molecule has 1 aliphatic carbocycles. The first kappa shape index (κ1) is 35.7. The fourth-order valence-corrected chi connectivity index (χ4v) is 3.80. The summed E-state index contributed by atoms with van der Waals surface area (Å²) < 4.78 is 18.8. The van der Waals surface area contributed by atoms with Gasteiger partial charge in [0.25, 0.3) is 0 Å². The number of aromatic nitrogens is 2. The van der Waals surface area contributed by atoms with Crippen molar-refractivity contribution in [1.29, 1.82) is 0 Å². The fourth-order valence-electron chi connectivity index (χ4n) is 3.80. The zero-order valence-electron chi connectivity index (χ0n) is 24.4. The lowest BCUT2D eigenvalue weighted by Crippen LogP contribution is -2.23. The molecular formula is C29H52FN5O3. The van der Waals surface area contributed by atoms with Gasteiger partial charge in [0.2, 0.25) is 0 Å². The van der Waals surface area contributed by atoms with E-state index in [1.165, 1.54) is 25.3 Å². The van der Waals surface area contributed by atoms with Crippen molar-refractivity contribution < 1.29 is 19.3 Å². The van der Waals surface area contributed by atoms with E-state index in [1.807, 2.05) is 40.0 Å². The van der Waals surface area contributed by atoms with Crippen LogP contribution >= 0.6 is 0 Å². The third-order valence-electron chi connectivity index (χ3n) is 5.84. The number of pyridine rings is 2. The second kappa shape index (κ2) is 22.6. The van der Waals surface area contributed by atoms with Gasteiger partial charge in [-0.05, 0) is 43.0 Å². The van der Waals surface area contributed by atoms with Gasteiger partial charge in [0, 0.05) is 57.1 Å². The smallest absolute Gasteiger partial charge is 0.165 e. The third kappa shape index (κ3) is 13.0. The zero-order chi connectivity index (χ0) is 28.8. The summed E-state index contributed by atoms with van der Waals surface area (Å²) in [5.41, 5.74) is 7.67. The summed E-state index contributed by atoms with van der Waals surface area (Å²) in [6.45, 7) is 11.2. The molecule has 0 aromatic carbocycles. The molecule has 0 atom stereocenters. The molecule has 1 fully saturated rings. The lowest BCUT2D eigenvalue weighted by Gasteiger charge is -2.23. The molecule has 0 saturated heterocycles. The molecule has 0 aliphatic heterocycles. The quantitative estimate of drug-likeness (QED) is 0.263. The minimum absolute atomic E-state index is 0.120. The van der Waals surface area contributed by atoms with Crippen LogP contribution in [0.15, 0.2) is 24.4 Å². The standard InChI is InChI=1S/C22H31FN4O2.C3H9NO.2C2H6/c1-2-16-12-24-21(26-17-6-4-3-5-7-17)10-18(16)20-9-8-19(23)22(27-20)25-11-15(13-28)14-29;1-5-3-2-4;2*1-2/h8-10,12,15,17,28-29H,2-7,11,13-14H2,1H3,(H,24,26)(H,25,27);2-4H2,1H3;2*1-2H3. The predicted octanol–water partition coefficient (Wildman–Crippen LogP) is 5.25. The highest BCUT2D eigenvalue weighted by Crippen LogP contribution is 2.28. The van der Waals surface area contributed by atoms with Gasteiger partial charge < -0.3 is 31.3 Å². The lowest BCUT2D eigenvalue weighted by atomic mass is 9.95. The molecule has 38 heavy (non-hydrogen) atoms. The Balaban J connectivity index is 0.00000134. The maximum atomic E-state index is 14.2. The highest BCUT2D eigenvalue weighted by Gasteiger charge is 2.16. The highest BCUT2D eigenvalue weighted by atomic mass is 19.1. The van der Waals surface area contributed by atoms with Crippen molar-refractivity contribution in [3.8, 4) is 11.3 Å². The number of anilines is 2. The van der Waals surface area contributed by atoms with Crippen LogP contribution < -0.4 is 16.4 Å². The summed E-state index contributed by atoms with van der Waals surface area (Å²) in [4.78, 5) is 9.04. The molecule has 1 saturated carbocycles. The van der Waals surface area contributed by atoms with Crippen LogP contribution in [0, 0.1) is 11.7 Å². The van der Waals surface area contributed by atoms with E-state index in [4.69, 9.17) is 5.73 Å². The molecule has 0 unspecified atom stereocenters. The molecule has 8 nitrogen and oxygen atoms in total. The Bertz CT molecular complexity index is 845. The molecular weight excluding hydrogens is 485 g/mol. The van der Waals surface area contributed by atoms with Crippen molar-refractivity contribution in [2.24, 2.45) is 11.7 Å². The number of halogens is 1. The fraction of sp³-hybridized carbons (Fsp3) is 0.655. The number of hydrogen-bond donors (Lipinski definition) is 5. The number of aliphatic hydroxyl groups is 2. The van der Waals surface area contributed by atoms with Gasteiger partial charge in [-0.15, -0.1) is 0 Å². The number of rotatable bonds is 11. The van der Waals surface area contributed by atoms with Crippen molar-refractivity contribution in [2.45, 2.75) is 79.2 Å². The van der Waals surface area contributed by atoms with E-state index >= 15 is 0 Å². The first-order chi connectivity index (χ1) is 18.6. The molecule has 0 spiro atoms. The number of aliphatic hydroxyl groups excluding tert-OH is 2. The molecule has 2 aromatic heterocycles. The largest absolute Gasteiger partial charge is 0.396 e. The maximum absolute atomic E-state index is 14.2. The van der Waals surface area contributed by atoms with Crippen LogP contribution in [0.4, 0.5) is 16.0 Å². The van der Waals surface area contributed by atoms with Gasteiger partial charge in [-0.25, -0.2) is 14.4 Å². The van der Waals surface area contributed by atoms with Gasteiger partial charge in [-0.1, -0.05) is 53.9 Å². The van der Waals surface area contributed by atoms with Crippen molar-refractivity contribution >= 4 is 11.6 Å². The average molecular weight is 538 g/mol. The number of ether oxygens (including phenoxy) is 1. The second-order valence-electron chi connectivity index (χ2n) is 8.48. The Labute approximate surface area is 229 Å². The van der Waals surface area contributed by atoms with Gasteiger partial charge in [-0.3, -0.25) is 0 Å². The molecule has 1 aliphatic rings. The highest BCUT2D eigenvalue weighted by molar-refractivity contribution is 5.68. The third-order valence-corrected chi connectivity index (χ3v) is 5.84. The van der Waals surface area contributed by atoms with E-state index in [0.29, 0.717) is 24.9 Å². The van der Waals surface area contributed by atoms with E-state index in [2.05, 4.69) is 32.3 Å². The first-order valence-corrected chi connectivity index (χ1v) is 14.1. The summed E-state index contributed by atoms with van der Waals surface area (Å²) in [5.74, 6) is 0.120. The second-order valence-corrected chi connectivity index (χ2v) is 8.48. The molecule has 0 bridgehead atoms. The lowest BCUT2D eigenvalue weighted by molar-refractivity contribution is 0.157. The average Bonchev–Trinajstić information content (AvgIpc) is 2.98. The minimum atomic E-state index is -0.462. The van der Waals surface area contributed by atoms with Gasteiger partial charge in [0.1, 0.15) is 5.82 Å². The number of nitrogens with one attached hydrogen (secondary N) is 2. The minimum Gasteiger partial charge on any atom is -0.396 e. The van der Waals surface area contributed by atoms with Crippen LogP contribution in [0.2, 0.25) is 0 Å². The molecule has 0 amide bonds. The summed E-state index contributed by atoms with van der Waals surface area (Å²) in [6, 6.07) is 5.52. The van der Waals surface area contributed by atoms with Crippen molar-refractivity contribution in [2.75, 3.05) is 50.7 Å². The number of aryl methyl sites for hydroxylation is 1. The van der Waals surface area contributed by atoms with Crippen molar-refractivity contribution in [3.05, 3.63) is 35.8 Å². The van der Waals surface area contributed by atoms with Crippen molar-refractivity contribution in [3.63, 3.8) is 0 Å². The summed E-state index contributed by atoms with van der Waals surface area (Å²) in [7, 11) is 1.63. The van der Waals surface area contributed by atoms with Crippen LogP contribution in [0.5, 0.6) is 0 Å². The zero-order valence-corrected chi connectivity index (χ0v) is 24.4. The topological polar surface area (TPSA) is 126 Å². The maximum Gasteiger partial charge on any atom is 0.165 e. The molecule has 3 rings (SSSR count).